The van der Waals surface area contributed by atoms with Crippen molar-refractivity contribution in [3.05, 3.63) is 40.3 Å². The summed E-state index contributed by atoms with van der Waals surface area (Å²) in [7, 11) is 1.79. The van der Waals surface area contributed by atoms with E-state index in [-0.39, 0.29) is 0 Å². The third kappa shape index (κ3) is 2.72. The van der Waals surface area contributed by atoms with Crippen molar-refractivity contribution in [2.75, 3.05) is 17.3 Å². The molecule has 106 valence electrons. The Morgan fingerprint density at radius 1 is 1.40 bits per heavy atom. The number of nitrogens with one attached hydrogen (secondary N) is 1. The number of hydrogen-bond donors (Lipinski definition) is 1. The molecular formula is C14H15Cl2N3O. The van der Waals surface area contributed by atoms with E-state index in [1.807, 2.05) is 12.1 Å². The van der Waals surface area contributed by atoms with Gasteiger partial charge in [-0.25, -0.2) is 4.98 Å². The molecule has 3 rings (SSSR count). The van der Waals surface area contributed by atoms with E-state index in [1.165, 1.54) is 0 Å². The summed E-state index contributed by atoms with van der Waals surface area (Å²) in [5.41, 5.74) is 0. The van der Waals surface area contributed by atoms with E-state index in [0.29, 0.717) is 28.4 Å². The van der Waals surface area contributed by atoms with Gasteiger partial charge in [0.15, 0.2) is 5.82 Å². The maximum atomic E-state index is 6.32. The Morgan fingerprint density at radius 3 is 2.80 bits per heavy atom. The highest BCUT2D eigenvalue weighted by molar-refractivity contribution is 6.37. The first kappa shape index (κ1) is 13.6. The highest BCUT2D eigenvalue weighted by Gasteiger charge is 2.32. The SMILES string of the molecule is CNc1nc(N(Cc2ccco2)C2CC2)c(Cl)cc1Cl. The van der Waals surface area contributed by atoms with Crippen molar-refractivity contribution < 1.29 is 4.42 Å². The number of aromatic nitrogens is 1. The molecule has 4 nitrogen and oxygen atoms in total. The molecule has 0 spiro atoms. The van der Waals surface area contributed by atoms with Gasteiger partial charge >= 0.3 is 0 Å². The number of anilines is 2. The summed E-state index contributed by atoms with van der Waals surface area (Å²) in [4.78, 5) is 6.72. The number of nitrogens with zero attached hydrogens (tertiary/aromatic N) is 2. The van der Waals surface area contributed by atoms with Gasteiger partial charge in [0.05, 0.1) is 22.9 Å². The smallest absolute Gasteiger partial charge is 0.150 e. The molecule has 1 fully saturated rings. The largest absolute Gasteiger partial charge is 0.467 e. The number of hydrogen-bond acceptors (Lipinski definition) is 4. The zero-order valence-corrected chi connectivity index (χ0v) is 12.6. The van der Waals surface area contributed by atoms with Crippen LogP contribution < -0.4 is 10.2 Å². The van der Waals surface area contributed by atoms with Gasteiger partial charge < -0.3 is 14.6 Å². The van der Waals surface area contributed by atoms with Crippen LogP contribution in [-0.4, -0.2) is 18.1 Å². The minimum atomic E-state index is 0.469. The molecule has 2 heterocycles. The van der Waals surface area contributed by atoms with Crippen LogP contribution in [0.3, 0.4) is 0 Å². The van der Waals surface area contributed by atoms with E-state index >= 15 is 0 Å². The molecule has 0 atom stereocenters. The van der Waals surface area contributed by atoms with E-state index < -0.39 is 0 Å². The second-order valence-corrected chi connectivity index (χ2v) is 5.63. The van der Waals surface area contributed by atoms with Gasteiger partial charge in [0.25, 0.3) is 0 Å². The average Bonchev–Trinajstić information content (AvgIpc) is 3.14. The highest BCUT2D eigenvalue weighted by Crippen LogP contribution is 2.38. The summed E-state index contributed by atoms with van der Waals surface area (Å²) in [6, 6.07) is 6.04. The van der Waals surface area contributed by atoms with Gasteiger partial charge in [0.1, 0.15) is 11.6 Å². The Labute approximate surface area is 127 Å². The van der Waals surface area contributed by atoms with Crippen LogP contribution in [-0.2, 0) is 6.54 Å². The summed E-state index contributed by atoms with van der Waals surface area (Å²) in [5.74, 6) is 2.28. The summed E-state index contributed by atoms with van der Waals surface area (Å²) < 4.78 is 5.43. The first-order valence-corrected chi connectivity index (χ1v) is 7.27. The van der Waals surface area contributed by atoms with Gasteiger partial charge in [0, 0.05) is 13.1 Å². The Balaban J connectivity index is 1.94. The van der Waals surface area contributed by atoms with Crippen molar-refractivity contribution in [3.63, 3.8) is 0 Å². The zero-order valence-electron chi connectivity index (χ0n) is 11.1. The Bertz CT molecular complexity index is 597. The van der Waals surface area contributed by atoms with Crippen molar-refractivity contribution >= 4 is 34.8 Å². The van der Waals surface area contributed by atoms with Gasteiger partial charge in [-0.05, 0) is 31.0 Å². The quantitative estimate of drug-likeness (QED) is 0.899. The first-order valence-electron chi connectivity index (χ1n) is 6.52. The van der Waals surface area contributed by atoms with Crippen molar-refractivity contribution in [3.8, 4) is 0 Å². The third-order valence-electron chi connectivity index (χ3n) is 3.31. The molecule has 0 amide bonds. The van der Waals surface area contributed by atoms with Crippen LogP contribution in [0.1, 0.15) is 18.6 Å². The topological polar surface area (TPSA) is 41.3 Å². The Kier molecular flexibility index (Phi) is 3.76. The molecule has 2 aromatic heterocycles. The normalized spacial score (nSPS) is 14.3. The van der Waals surface area contributed by atoms with E-state index in [4.69, 9.17) is 27.6 Å². The fraction of sp³-hybridized carbons (Fsp3) is 0.357. The van der Waals surface area contributed by atoms with Crippen molar-refractivity contribution in [2.24, 2.45) is 0 Å². The highest BCUT2D eigenvalue weighted by atomic mass is 35.5. The molecule has 6 heteroatoms. The number of halogens is 2. The minimum absolute atomic E-state index is 0.469. The van der Waals surface area contributed by atoms with E-state index in [1.54, 1.807) is 19.4 Å². The van der Waals surface area contributed by atoms with E-state index in [9.17, 15) is 0 Å². The third-order valence-corrected chi connectivity index (χ3v) is 3.88. The first-order chi connectivity index (χ1) is 9.69. The van der Waals surface area contributed by atoms with Crippen LogP contribution in [0.4, 0.5) is 11.6 Å². The minimum Gasteiger partial charge on any atom is -0.467 e. The monoisotopic (exact) mass is 311 g/mol. The van der Waals surface area contributed by atoms with Gasteiger partial charge in [0.2, 0.25) is 0 Å². The molecule has 0 radical (unpaired) electrons. The van der Waals surface area contributed by atoms with Crippen LogP contribution in [0, 0.1) is 0 Å². The summed E-state index contributed by atoms with van der Waals surface area (Å²) >= 11 is 12.4. The Morgan fingerprint density at radius 2 is 2.20 bits per heavy atom. The number of pyridine rings is 1. The van der Waals surface area contributed by atoms with E-state index in [0.717, 1.165) is 24.4 Å². The lowest BCUT2D eigenvalue weighted by molar-refractivity contribution is 0.500. The number of furan rings is 1. The standard InChI is InChI=1S/C14H15Cl2N3O/c1-17-13-11(15)7-12(16)14(18-13)19(9-4-5-9)8-10-3-2-6-20-10/h2-3,6-7,9H,4-5,8H2,1H3,(H,17,18). The van der Waals surface area contributed by atoms with E-state index in [2.05, 4.69) is 15.2 Å². The van der Waals surface area contributed by atoms with Crippen LogP contribution >= 0.6 is 23.2 Å². The molecule has 1 aliphatic rings. The molecule has 1 aliphatic carbocycles. The molecule has 0 unspecified atom stereocenters. The predicted molar refractivity (Wildman–Crippen MR) is 81.7 cm³/mol. The van der Waals surface area contributed by atoms with Crippen molar-refractivity contribution in [1.82, 2.24) is 4.98 Å². The summed E-state index contributed by atoms with van der Waals surface area (Å²) in [6.07, 6.45) is 3.97. The van der Waals surface area contributed by atoms with Crippen LogP contribution in [0.15, 0.2) is 28.9 Å². The van der Waals surface area contributed by atoms with Gasteiger partial charge in [-0.2, -0.15) is 0 Å². The second kappa shape index (κ2) is 5.54. The fourth-order valence-corrected chi connectivity index (χ4v) is 2.73. The van der Waals surface area contributed by atoms with Crippen LogP contribution in [0.25, 0.3) is 0 Å². The van der Waals surface area contributed by atoms with Gasteiger partial charge in [-0.1, -0.05) is 23.2 Å². The fourth-order valence-electron chi connectivity index (χ4n) is 2.17. The second-order valence-electron chi connectivity index (χ2n) is 4.81. The lowest BCUT2D eigenvalue weighted by atomic mass is 10.3. The molecular weight excluding hydrogens is 297 g/mol. The van der Waals surface area contributed by atoms with Crippen molar-refractivity contribution in [2.45, 2.75) is 25.4 Å². The summed E-state index contributed by atoms with van der Waals surface area (Å²) in [6.45, 7) is 0.662. The molecule has 0 aromatic carbocycles. The molecule has 0 aliphatic heterocycles. The van der Waals surface area contributed by atoms with Gasteiger partial charge in [-0.15, -0.1) is 0 Å². The molecule has 0 bridgehead atoms. The lowest BCUT2D eigenvalue weighted by Crippen LogP contribution is -2.26. The maximum absolute atomic E-state index is 6.32. The summed E-state index contributed by atoms with van der Waals surface area (Å²) in [5, 5.41) is 4.07. The van der Waals surface area contributed by atoms with Gasteiger partial charge in [-0.3, -0.25) is 0 Å². The Hall–Kier alpha value is -1.39. The molecule has 0 saturated heterocycles. The predicted octanol–water partition coefficient (Wildman–Crippen LogP) is 4.19. The zero-order chi connectivity index (χ0) is 14.1. The maximum Gasteiger partial charge on any atom is 0.150 e. The molecule has 1 N–H and O–H groups in total. The van der Waals surface area contributed by atoms with Crippen LogP contribution in [0.2, 0.25) is 10.0 Å². The van der Waals surface area contributed by atoms with Crippen molar-refractivity contribution in [1.29, 1.82) is 0 Å². The van der Waals surface area contributed by atoms with Crippen LogP contribution in [0.5, 0.6) is 0 Å². The number of rotatable bonds is 5. The molecule has 20 heavy (non-hydrogen) atoms. The lowest BCUT2D eigenvalue weighted by Gasteiger charge is -2.24. The molecule has 2 aromatic rings. The molecule has 1 saturated carbocycles. The average molecular weight is 312 g/mol.